The minimum absolute atomic E-state index is 0.558. The van der Waals surface area contributed by atoms with Crippen LogP contribution in [0.4, 0.5) is 5.82 Å². The van der Waals surface area contributed by atoms with E-state index in [2.05, 4.69) is 45.0 Å². The highest BCUT2D eigenvalue weighted by Gasteiger charge is 2.33. The Morgan fingerprint density at radius 1 is 0.909 bits per heavy atom. The Hall–Kier alpha value is -3.70. The van der Waals surface area contributed by atoms with E-state index in [-0.39, 0.29) is 0 Å². The second kappa shape index (κ2) is 11.8. The molecule has 0 aliphatic carbocycles. The molecule has 2 atom stereocenters. The molecule has 1 aromatic carbocycles. The van der Waals surface area contributed by atoms with E-state index in [0.717, 1.165) is 30.2 Å². The Bertz CT molecular complexity index is 996. The van der Waals surface area contributed by atoms with Crippen molar-refractivity contribution in [2.45, 2.75) is 37.8 Å². The molecule has 2 aromatic rings. The molecule has 2 aliphatic rings. The molecule has 8 nitrogen and oxygen atoms in total. The first kappa shape index (κ1) is 24.0. The number of aliphatic carboxylic acids is 2. The first-order valence-corrected chi connectivity index (χ1v) is 10.9. The van der Waals surface area contributed by atoms with Crippen LogP contribution in [-0.4, -0.2) is 69.5 Å². The van der Waals surface area contributed by atoms with Crippen molar-refractivity contribution < 1.29 is 19.8 Å². The molecule has 0 spiro atoms. The highest BCUT2D eigenvalue weighted by Crippen LogP contribution is 2.28. The van der Waals surface area contributed by atoms with Crippen LogP contribution in [-0.2, 0) is 9.59 Å². The van der Waals surface area contributed by atoms with Crippen LogP contribution in [0.5, 0.6) is 0 Å². The zero-order valence-electron chi connectivity index (χ0n) is 18.6. The van der Waals surface area contributed by atoms with E-state index in [1.165, 1.54) is 25.7 Å². The Labute approximate surface area is 193 Å². The monoisotopic (exact) mass is 448 g/mol. The number of fused-ring (bicyclic) bond motifs is 2. The summed E-state index contributed by atoms with van der Waals surface area (Å²) in [6, 6.07) is 15.3. The molecule has 4 rings (SSSR count). The smallest absolute Gasteiger partial charge is 0.328 e. The molecule has 2 saturated heterocycles. The van der Waals surface area contributed by atoms with Gasteiger partial charge in [0, 0.05) is 42.9 Å². The van der Waals surface area contributed by atoms with E-state index in [9.17, 15) is 9.59 Å². The fourth-order valence-corrected chi connectivity index (χ4v) is 4.04. The van der Waals surface area contributed by atoms with Crippen LogP contribution >= 0.6 is 0 Å². The Morgan fingerprint density at radius 3 is 2.03 bits per heavy atom. The van der Waals surface area contributed by atoms with Gasteiger partial charge in [-0.15, -0.1) is 10.2 Å². The summed E-state index contributed by atoms with van der Waals surface area (Å²) in [7, 11) is 2.28. The zero-order valence-corrected chi connectivity index (χ0v) is 18.6. The van der Waals surface area contributed by atoms with Crippen molar-refractivity contribution in [1.82, 2.24) is 15.1 Å². The van der Waals surface area contributed by atoms with Crippen LogP contribution in [0.15, 0.2) is 54.6 Å². The number of benzene rings is 1. The molecule has 2 N–H and O–H groups in total. The van der Waals surface area contributed by atoms with Gasteiger partial charge in [0.25, 0.3) is 0 Å². The number of rotatable bonds is 3. The molecule has 2 unspecified atom stereocenters. The molecule has 0 amide bonds. The molecule has 33 heavy (non-hydrogen) atoms. The number of nitrogens with zero attached hydrogens (tertiary/aromatic N) is 4. The largest absolute Gasteiger partial charge is 0.478 e. The van der Waals surface area contributed by atoms with E-state index >= 15 is 0 Å². The van der Waals surface area contributed by atoms with Crippen LogP contribution in [0.1, 0.15) is 36.9 Å². The third-order valence-corrected chi connectivity index (χ3v) is 5.79. The van der Waals surface area contributed by atoms with Crippen molar-refractivity contribution in [3.8, 4) is 11.8 Å². The van der Waals surface area contributed by atoms with Gasteiger partial charge in [-0.1, -0.05) is 37.0 Å². The number of aromatic nitrogens is 2. The summed E-state index contributed by atoms with van der Waals surface area (Å²) in [5.74, 6) is 4.70. The van der Waals surface area contributed by atoms with Gasteiger partial charge in [-0.3, -0.25) is 4.90 Å². The second-order valence-corrected chi connectivity index (χ2v) is 8.07. The first-order chi connectivity index (χ1) is 15.9. The van der Waals surface area contributed by atoms with E-state index in [1.54, 1.807) is 0 Å². The van der Waals surface area contributed by atoms with Crippen molar-refractivity contribution in [2.24, 2.45) is 0 Å². The van der Waals surface area contributed by atoms with Crippen LogP contribution in [0.2, 0.25) is 0 Å². The van der Waals surface area contributed by atoms with Crippen molar-refractivity contribution in [2.75, 3.05) is 25.0 Å². The fourth-order valence-electron chi connectivity index (χ4n) is 4.04. The summed E-state index contributed by atoms with van der Waals surface area (Å²) >= 11 is 0. The predicted octanol–water partition coefficient (Wildman–Crippen LogP) is 2.65. The minimum atomic E-state index is -1.26. The zero-order chi connectivity index (χ0) is 23.6. The lowest BCUT2D eigenvalue weighted by Crippen LogP contribution is -2.56. The maximum absolute atomic E-state index is 9.55. The molecule has 2 aliphatic heterocycles. The van der Waals surface area contributed by atoms with E-state index in [0.29, 0.717) is 24.2 Å². The molecule has 172 valence electrons. The number of hydrogen-bond acceptors (Lipinski definition) is 6. The number of likely N-dealkylation sites (N-methyl/N-ethyl adjacent to an activating group) is 1. The van der Waals surface area contributed by atoms with Crippen LogP contribution in [0.3, 0.4) is 0 Å². The lowest BCUT2D eigenvalue weighted by Gasteiger charge is -2.44. The molecule has 8 heteroatoms. The summed E-state index contributed by atoms with van der Waals surface area (Å²) in [5, 5.41) is 24.4. The second-order valence-electron chi connectivity index (χ2n) is 8.07. The highest BCUT2D eigenvalue weighted by atomic mass is 16.4. The van der Waals surface area contributed by atoms with Crippen molar-refractivity contribution >= 4 is 17.8 Å². The quantitative estimate of drug-likeness (QED) is 0.545. The summed E-state index contributed by atoms with van der Waals surface area (Å²) < 4.78 is 0. The van der Waals surface area contributed by atoms with E-state index in [1.807, 2.05) is 36.4 Å². The third-order valence-electron chi connectivity index (χ3n) is 5.79. The molecule has 3 heterocycles. The van der Waals surface area contributed by atoms with Gasteiger partial charge >= 0.3 is 11.9 Å². The number of carboxylic acids is 2. The van der Waals surface area contributed by atoms with E-state index < -0.39 is 11.9 Å². The fraction of sp³-hybridized carbons (Fsp3) is 0.360. The number of hydrogen-bond donors (Lipinski definition) is 2. The Balaban J connectivity index is 0.000000331. The average molecular weight is 449 g/mol. The predicted molar refractivity (Wildman–Crippen MR) is 125 cm³/mol. The van der Waals surface area contributed by atoms with Gasteiger partial charge in [-0.2, -0.15) is 0 Å². The van der Waals surface area contributed by atoms with Gasteiger partial charge in [0.15, 0.2) is 5.82 Å². The Morgan fingerprint density at radius 2 is 1.52 bits per heavy atom. The molecule has 2 fully saturated rings. The normalized spacial score (nSPS) is 20.1. The lowest BCUT2D eigenvalue weighted by atomic mass is 10.1. The first-order valence-electron chi connectivity index (χ1n) is 10.9. The number of anilines is 1. The molecule has 0 saturated carbocycles. The summed E-state index contributed by atoms with van der Waals surface area (Å²) in [6.45, 7) is 2.10. The van der Waals surface area contributed by atoms with Gasteiger partial charge in [-0.05, 0) is 50.1 Å². The van der Waals surface area contributed by atoms with Crippen molar-refractivity contribution in [3.05, 3.63) is 65.9 Å². The standard InChI is InChI=1S/C21H24N4.C4H4O4/c1-24-19-9-5-6-10-20(24)16-25(15-19)21-14-13-18(22-23-21)12-11-17-7-3-2-4-8-17;5-3(6)1-2-4(7)8/h2-4,7-8,13-14,19-20H,5-6,9-10,15-16H2,1H3;1-2H,(H,5,6)(H,7,8)/b;2-1+. The summed E-state index contributed by atoms with van der Waals surface area (Å²) in [5.41, 5.74) is 1.72. The summed E-state index contributed by atoms with van der Waals surface area (Å²) in [6.07, 6.45) is 6.39. The number of carbonyl (C=O) groups is 2. The molecular formula is C25H28N4O4. The average Bonchev–Trinajstić information content (AvgIpc) is 2.91. The van der Waals surface area contributed by atoms with Crippen molar-refractivity contribution in [3.63, 3.8) is 0 Å². The van der Waals surface area contributed by atoms with Gasteiger partial charge in [0.1, 0.15) is 5.69 Å². The Kier molecular flexibility index (Phi) is 8.56. The van der Waals surface area contributed by atoms with Gasteiger partial charge < -0.3 is 15.1 Å². The highest BCUT2D eigenvalue weighted by molar-refractivity contribution is 5.89. The molecule has 2 bridgehead atoms. The van der Waals surface area contributed by atoms with E-state index in [4.69, 9.17) is 10.2 Å². The number of carboxylic acid groups (broad SMARTS) is 2. The van der Waals surface area contributed by atoms with Gasteiger partial charge in [0.2, 0.25) is 0 Å². The van der Waals surface area contributed by atoms with Crippen LogP contribution < -0.4 is 4.90 Å². The maximum Gasteiger partial charge on any atom is 0.328 e. The summed E-state index contributed by atoms with van der Waals surface area (Å²) in [4.78, 5) is 24.1. The third kappa shape index (κ3) is 7.44. The molecular weight excluding hydrogens is 420 g/mol. The minimum Gasteiger partial charge on any atom is -0.478 e. The van der Waals surface area contributed by atoms with Gasteiger partial charge in [-0.25, -0.2) is 9.59 Å². The van der Waals surface area contributed by atoms with Crippen LogP contribution in [0.25, 0.3) is 0 Å². The topological polar surface area (TPSA) is 107 Å². The number of piperazine rings is 1. The van der Waals surface area contributed by atoms with Gasteiger partial charge in [0.05, 0.1) is 0 Å². The molecule has 0 radical (unpaired) electrons. The SMILES string of the molecule is CN1C2CCCCC1CN(c1ccc(C#Cc3ccccc3)nn1)C2.O=C(O)/C=C/C(=O)O. The maximum atomic E-state index is 9.55. The van der Waals surface area contributed by atoms with Crippen molar-refractivity contribution in [1.29, 1.82) is 0 Å². The lowest BCUT2D eigenvalue weighted by molar-refractivity contribution is -0.134. The molecule has 1 aromatic heterocycles. The van der Waals surface area contributed by atoms with Crippen LogP contribution in [0, 0.1) is 11.8 Å².